The number of hydrogen-bond donors (Lipinski definition) is 3. The average Bonchev–Trinajstić information content (AvgIpc) is 3.44. The lowest BCUT2D eigenvalue weighted by molar-refractivity contribution is 0.0951. The molecule has 1 aromatic carbocycles. The molecular formula is C32H35F2N11O2. The van der Waals surface area contributed by atoms with Gasteiger partial charge in [0.1, 0.15) is 5.56 Å². The van der Waals surface area contributed by atoms with Crippen LogP contribution in [0.4, 0.5) is 20.7 Å². The number of nitrogen functional groups attached to an aromatic ring is 1. The van der Waals surface area contributed by atoms with Crippen LogP contribution in [-0.4, -0.2) is 90.8 Å². The van der Waals surface area contributed by atoms with Crippen LogP contribution in [0.3, 0.4) is 0 Å². The highest BCUT2D eigenvalue weighted by Crippen LogP contribution is 2.20. The van der Waals surface area contributed by atoms with Gasteiger partial charge < -0.3 is 21.3 Å². The van der Waals surface area contributed by atoms with E-state index < -0.39 is 23.1 Å². The molecule has 244 valence electrons. The van der Waals surface area contributed by atoms with Crippen molar-refractivity contribution in [1.82, 2.24) is 44.4 Å². The van der Waals surface area contributed by atoms with Gasteiger partial charge in [0.15, 0.2) is 17.5 Å². The number of carbonyl (C=O) groups is 1. The Morgan fingerprint density at radius 1 is 1.09 bits per heavy atom. The SMILES string of the molecule is CN1CCN(C2C=CC(Nc3nc(N)n(-c4cccc(CCNC(=O)c5cncn(Cc6ccc(F)c(F)c6)c5=O)n4)n3)=CC2)CC1. The fourth-order valence-electron chi connectivity index (χ4n) is 5.48. The molecule has 15 heteroatoms. The molecule has 3 aromatic heterocycles. The second-order valence-corrected chi connectivity index (χ2v) is 11.5. The first kappa shape index (κ1) is 31.7. The summed E-state index contributed by atoms with van der Waals surface area (Å²) in [5.41, 5.74) is 7.30. The van der Waals surface area contributed by atoms with E-state index in [9.17, 15) is 18.4 Å². The van der Waals surface area contributed by atoms with Crippen molar-refractivity contribution in [1.29, 1.82) is 0 Å². The third kappa shape index (κ3) is 7.58. The van der Waals surface area contributed by atoms with Gasteiger partial charge >= 0.3 is 0 Å². The van der Waals surface area contributed by atoms with E-state index in [-0.39, 0.29) is 24.6 Å². The summed E-state index contributed by atoms with van der Waals surface area (Å²) < 4.78 is 29.5. The molecule has 0 saturated carbocycles. The van der Waals surface area contributed by atoms with Crippen LogP contribution in [0.2, 0.25) is 0 Å². The van der Waals surface area contributed by atoms with Gasteiger partial charge in [-0.1, -0.05) is 24.3 Å². The van der Waals surface area contributed by atoms with Crippen LogP contribution in [0.25, 0.3) is 5.82 Å². The van der Waals surface area contributed by atoms with Crippen molar-refractivity contribution in [3.63, 3.8) is 0 Å². The predicted molar refractivity (Wildman–Crippen MR) is 172 cm³/mol. The number of amides is 1. The normalized spacial score (nSPS) is 17.0. The molecule has 1 saturated heterocycles. The summed E-state index contributed by atoms with van der Waals surface area (Å²) in [5, 5.41) is 10.4. The fraction of sp³-hybridized carbons (Fsp3) is 0.312. The predicted octanol–water partition coefficient (Wildman–Crippen LogP) is 1.97. The van der Waals surface area contributed by atoms with E-state index in [1.165, 1.54) is 23.3 Å². The molecular weight excluding hydrogens is 608 g/mol. The highest BCUT2D eigenvalue weighted by Gasteiger charge is 2.22. The van der Waals surface area contributed by atoms with E-state index in [2.05, 4.69) is 59.7 Å². The Bertz CT molecular complexity index is 1880. The van der Waals surface area contributed by atoms with Crippen molar-refractivity contribution in [2.24, 2.45) is 0 Å². The second-order valence-electron chi connectivity index (χ2n) is 11.5. The van der Waals surface area contributed by atoms with Crippen molar-refractivity contribution in [3.05, 3.63) is 112 Å². The third-order valence-corrected chi connectivity index (χ3v) is 8.13. The summed E-state index contributed by atoms with van der Waals surface area (Å²) in [5.74, 6) is -1.65. The molecule has 1 amide bonds. The minimum Gasteiger partial charge on any atom is -0.368 e. The zero-order valence-electron chi connectivity index (χ0n) is 25.8. The number of pyridine rings is 1. The number of nitrogens with zero attached hydrogens (tertiary/aromatic N) is 8. The molecule has 1 aliphatic heterocycles. The summed E-state index contributed by atoms with van der Waals surface area (Å²) in [6.45, 7) is 4.36. The first-order chi connectivity index (χ1) is 22.7. The minimum absolute atomic E-state index is 0.0742. The molecule has 1 aliphatic carbocycles. The van der Waals surface area contributed by atoms with Crippen molar-refractivity contribution in [3.8, 4) is 5.82 Å². The van der Waals surface area contributed by atoms with Gasteiger partial charge in [0.25, 0.3) is 11.5 Å². The molecule has 13 nitrogen and oxygen atoms in total. The fourth-order valence-corrected chi connectivity index (χ4v) is 5.48. The lowest BCUT2D eigenvalue weighted by atomic mass is 10.0. The van der Waals surface area contributed by atoms with Crippen LogP contribution in [-0.2, 0) is 13.0 Å². The van der Waals surface area contributed by atoms with Crippen molar-refractivity contribution >= 4 is 17.8 Å². The summed E-state index contributed by atoms with van der Waals surface area (Å²) in [6, 6.07) is 9.07. The molecule has 0 bridgehead atoms. The number of carbonyl (C=O) groups excluding carboxylic acids is 1. The molecule has 1 unspecified atom stereocenters. The van der Waals surface area contributed by atoms with Crippen LogP contribution in [0.5, 0.6) is 0 Å². The van der Waals surface area contributed by atoms with Crippen molar-refractivity contribution < 1.29 is 13.6 Å². The van der Waals surface area contributed by atoms with Crippen LogP contribution >= 0.6 is 0 Å². The van der Waals surface area contributed by atoms with Crippen LogP contribution in [0.15, 0.2) is 77.6 Å². The number of piperazine rings is 1. The topological polar surface area (TPSA) is 152 Å². The monoisotopic (exact) mass is 643 g/mol. The highest BCUT2D eigenvalue weighted by molar-refractivity contribution is 5.93. The summed E-state index contributed by atoms with van der Waals surface area (Å²) in [6.07, 6.45) is 10.0. The number of aromatic nitrogens is 6. The quantitative estimate of drug-likeness (QED) is 0.234. The number of nitrogens with one attached hydrogen (secondary N) is 2. The number of allylic oxidation sites excluding steroid dienone is 1. The maximum absolute atomic E-state index is 13.6. The van der Waals surface area contributed by atoms with Crippen LogP contribution < -0.4 is 21.9 Å². The van der Waals surface area contributed by atoms with Gasteiger partial charge in [-0.25, -0.2) is 18.7 Å². The summed E-state index contributed by atoms with van der Waals surface area (Å²) in [4.78, 5) is 43.5. The number of likely N-dealkylation sites (N-methyl/N-ethyl adjacent to an activating group) is 1. The molecule has 1 atom stereocenters. The standard InChI is InChI=1S/C32H35F2N11O2/c1-42-13-15-43(16-14-42)24-8-6-23(7-9-24)39-32-40-31(35)45(41-32)28-4-2-3-22(38-28)11-12-37-29(46)25-18-36-20-44(30(25)47)19-21-5-10-26(33)27(34)17-21/h2-8,10,17-18,20,24H,9,11-16,19H2,1H3,(H,37,46)(H3,35,39,40,41). The molecule has 4 aromatic rings. The number of anilines is 2. The van der Waals surface area contributed by atoms with Gasteiger partial charge in [-0.2, -0.15) is 9.67 Å². The Hall–Kier alpha value is -5.28. The molecule has 0 spiro atoms. The van der Waals surface area contributed by atoms with Crippen LogP contribution in [0, 0.1) is 11.6 Å². The smallest absolute Gasteiger partial charge is 0.266 e. The molecule has 6 rings (SSSR count). The van der Waals surface area contributed by atoms with E-state index in [1.54, 1.807) is 18.2 Å². The van der Waals surface area contributed by atoms with E-state index >= 15 is 0 Å². The largest absolute Gasteiger partial charge is 0.368 e. The maximum atomic E-state index is 13.6. The Morgan fingerprint density at radius 2 is 1.91 bits per heavy atom. The molecule has 0 radical (unpaired) electrons. The number of halogens is 2. The summed E-state index contributed by atoms with van der Waals surface area (Å²) in [7, 11) is 2.15. The number of hydrogen-bond acceptors (Lipinski definition) is 10. The second kappa shape index (κ2) is 14.0. The average molecular weight is 644 g/mol. The van der Waals surface area contributed by atoms with Gasteiger partial charge in [0.05, 0.1) is 12.9 Å². The Balaban J connectivity index is 1.04. The van der Waals surface area contributed by atoms with Gasteiger partial charge in [-0.3, -0.25) is 19.1 Å². The number of benzene rings is 1. The first-order valence-corrected chi connectivity index (χ1v) is 15.3. The Kier molecular flexibility index (Phi) is 9.45. The Morgan fingerprint density at radius 3 is 2.68 bits per heavy atom. The van der Waals surface area contributed by atoms with Crippen LogP contribution in [0.1, 0.15) is 28.0 Å². The summed E-state index contributed by atoms with van der Waals surface area (Å²) >= 11 is 0. The van der Waals surface area contributed by atoms with E-state index in [0.717, 1.165) is 55.0 Å². The Labute approximate surface area is 269 Å². The van der Waals surface area contributed by atoms with Crippen molar-refractivity contribution in [2.75, 3.05) is 50.8 Å². The van der Waals surface area contributed by atoms with Gasteiger partial charge in [-0.15, -0.1) is 5.10 Å². The van der Waals surface area contributed by atoms with Gasteiger partial charge in [0, 0.05) is 62.8 Å². The van der Waals surface area contributed by atoms with E-state index in [4.69, 9.17) is 5.73 Å². The zero-order valence-corrected chi connectivity index (χ0v) is 25.8. The van der Waals surface area contributed by atoms with Crippen molar-refractivity contribution in [2.45, 2.75) is 25.4 Å². The zero-order chi connectivity index (χ0) is 32.9. The molecule has 1 fully saturated rings. The molecule has 2 aliphatic rings. The molecule has 4 heterocycles. The lowest BCUT2D eigenvalue weighted by Crippen LogP contribution is -2.48. The first-order valence-electron chi connectivity index (χ1n) is 15.3. The molecule has 47 heavy (non-hydrogen) atoms. The number of rotatable bonds is 10. The van der Waals surface area contributed by atoms with E-state index in [1.807, 2.05) is 6.08 Å². The lowest BCUT2D eigenvalue weighted by Gasteiger charge is -2.37. The highest BCUT2D eigenvalue weighted by atomic mass is 19.2. The van der Waals surface area contributed by atoms with E-state index in [0.29, 0.717) is 35.5 Å². The van der Waals surface area contributed by atoms with Gasteiger partial charge in [0.2, 0.25) is 11.9 Å². The maximum Gasteiger partial charge on any atom is 0.266 e. The molecule has 4 N–H and O–H groups in total. The minimum atomic E-state index is -1.02. The third-order valence-electron chi connectivity index (χ3n) is 8.13. The van der Waals surface area contributed by atoms with Gasteiger partial charge in [-0.05, 0) is 49.4 Å². The number of nitrogens with two attached hydrogens (primary N) is 1.